The van der Waals surface area contributed by atoms with Gasteiger partial charge in [0.1, 0.15) is 16.3 Å². The third-order valence-corrected chi connectivity index (χ3v) is 10.5. The fourth-order valence-corrected chi connectivity index (χ4v) is 7.39. The summed E-state index contributed by atoms with van der Waals surface area (Å²) in [5, 5.41) is 0.489. The predicted molar refractivity (Wildman–Crippen MR) is 175 cm³/mol. The maximum absolute atomic E-state index is 12.9. The van der Waals surface area contributed by atoms with Crippen LogP contribution >= 0.6 is 19.4 Å². The summed E-state index contributed by atoms with van der Waals surface area (Å²) >= 11 is 1.32. The van der Waals surface area contributed by atoms with E-state index in [-0.39, 0.29) is 24.3 Å². The number of carbonyl (C=O) groups excluding carboxylic acids is 2. The van der Waals surface area contributed by atoms with E-state index in [2.05, 4.69) is 15.0 Å². The molecule has 5 rings (SSSR count). The van der Waals surface area contributed by atoms with Gasteiger partial charge >= 0.3 is 25.2 Å². The lowest BCUT2D eigenvalue weighted by Crippen LogP contribution is -2.42. The molecule has 0 saturated heterocycles. The summed E-state index contributed by atoms with van der Waals surface area (Å²) in [6.07, 6.45) is 9.64. The summed E-state index contributed by atoms with van der Waals surface area (Å²) in [6.45, 7) is -2.20. The minimum atomic E-state index is -5.44. The number of nitrogen functional groups attached to an aromatic ring is 1. The molecule has 2 heterocycles. The zero-order valence-electron chi connectivity index (χ0n) is 27.2. The SMILES string of the molecule is COc1ccc(Sc2nc(N)nc3c2ncn3CCOC(OCOC(=O)C2CCCCC2)(OCOC(=O)C2CCCCC2)P(=O)(O)O)cc1. The smallest absolute Gasteiger partial charge is 0.415 e. The van der Waals surface area contributed by atoms with Gasteiger partial charge in [0.25, 0.3) is 0 Å². The van der Waals surface area contributed by atoms with E-state index in [1.54, 1.807) is 11.7 Å². The quantitative estimate of drug-likeness (QED) is 0.0798. The molecule has 0 unspecified atom stereocenters. The number of hydrogen-bond donors (Lipinski definition) is 3. The Kier molecular flexibility index (Phi) is 12.9. The van der Waals surface area contributed by atoms with E-state index < -0.39 is 45.4 Å². The van der Waals surface area contributed by atoms with Crippen molar-refractivity contribution in [1.82, 2.24) is 19.5 Å². The van der Waals surface area contributed by atoms with Gasteiger partial charge in [0.15, 0.2) is 19.2 Å². The highest BCUT2D eigenvalue weighted by molar-refractivity contribution is 7.99. The zero-order chi connectivity index (χ0) is 34.9. The third-order valence-electron chi connectivity index (χ3n) is 8.46. The van der Waals surface area contributed by atoms with Crippen LogP contribution < -0.4 is 10.5 Å². The average Bonchev–Trinajstić information content (AvgIpc) is 3.51. The van der Waals surface area contributed by atoms with Gasteiger partial charge in [-0.05, 0) is 49.9 Å². The van der Waals surface area contributed by atoms with Gasteiger partial charge in [0, 0.05) is 11.4 Å². The molecule has 49 heavy (non-hydrogen) atoms. The van der Waals surface area contributed by atoms with Crippen LogP contribution in [0.3, 0.4) is 0 Å². The van der Waals surface area contributed by atoms with Crippen LogP contribution in [0.2, 0.25) is 0 Å². The number of imidazole rings is 1. The van der Waals surface area contributed by atoms with E-state index in [9.17, 15) is 23.9 Å². The van der Waals surface area contributed by atoms with Crippen molar-refractivity contribution in [3.63, 3.8) is 0 Å². The number of nitrogens with zero attached hydrogens (tertiary/aromatic N) is 4. The third kappa shape index (κ3) is 9.69. The van der Waals surface area contributed by atoms with E-state index >= 15 is 0 Å². The first-order chi connectivity index (χ1) is 23.6. The van der Waals surface area contributed by atoms with Gasteiger partial charge in [0.05, 0.1) is 31.9 Å². The molecule has 0 aliphatic heterocycles. The number of fused-ring (bicyclic) bond motifs is 1. The number of hydrogen-bond acceptors (Lipinski definition) is 14. The van der Waals surface area contributed by atoms with Crippen LogP contribution in [-0.4, -0.2) is 74.3 Å². The number of esters is 2. The zero-order valence-corrected chi connectivity index (χ0v) is 28.9. The van der Waals surface area contributed by atoms with Crippen LogP contribution in [0.25, 0.3) is 11.2 Å². The highest BCUT2D eigenvalue weighted by Gasteiger charge is 2.53. The van der Waals surface area contributed by atoms with Crippen LogP contribution in [0.5, 0.6) is 5.75 Å². The van der Waals surface area contributed by atoms with Gasteiger partial charge in [-0.15, -0.1) is 0 Å². The molecule has 1 aromatic carbocycles. The molecular formula is C31H42N5O11PS. The first-order valence-electron chi connectivity index (χ1n) is 16.2. The minimum Gasteiger partial charge on any atom is -0.497 e. The molecule has 2 aromatic heterocycles. The van der Waals surface area contributed by atoms with Gasteiger partial charge in [-0.2, -0.15) is 4.98 Å². The Labute approximate surface area is 287 Å². The van der Waals surface area contributed by atoms with Crippen LogP contribution in [0.4, 0.5) is 5.95 Å². The van der Waals surface area contributed by atoms with Crippen LogP contribution in [0.1, 0.15) is 64.2 Å². The molecule has 0 radical (unpaired) electrons. The Morgan fingerprint density at radius 1 is 0.918 bits per heavy atom. The largest absolute Gasteiger partial charge is 0.497 e. The van der Waals surface area contributed by atoms with Crippen LogP contribution in [0.15, 0.2) is 40.5 Å². The molecule has 0 bridgehead atoms. The average molecular weight is 724 g/mol. The standard InChI is InChI=1S/C31H42N5O11PS/c1-42-23-12-14-24(15-13-23)49-27-25-26(34-30(32)35-27)36(18-33-25)16-17-45-31(48(39,40)41,46-19-43-28(37)21-8-4-2-5-9-21)47-20-44-29(38)22-10-6-3-7-11-22/h12-15,18,21-22H,2-11,16-17,19-20H2,1H3,(H2,32,34,35)(H2,39,40,41). The van der Waals surface area contributed by atoms with Gasteiger partial charge in [-0.25, -0.2) is 9.97 Å². The second-order valence-corrected chi connectivity index (χ2v) is 14.5. The van der Waals surface area contributed by atoms with Crippen molar-refractivity contribution >= 4 is 48.4 Å². The van der Waals surface area contributed by atoms with Crippen molar-refractivity contribution < 1.29 is 52.4 Å². The Morgan fingerprint density at radius 2 is 1.49 bits per heavy atom. The Hall–Kier alpha value is -3.31. The van der Waals surface area contributed by atoms with E-state index in [0.29, 0.717) is 47.6 Å². The van der Waals surface area contributed by atoms with Crippen LogP contribution in [-0.2, 0) is 44.4 Å². The van der Waals surface area contributed by atoms with E-state index in [0.717, 1.165) is 43.4 Å². The van der Waals surface area contributed by atoms with E-state index in [4.69, 9.17) is 34.2 Å². The number of carbonyl (C=O) groups is 2. The molecule has 0 atom stereocenters. The van der Waals surface area contributed by atoms with Crippen molar-refractivity contribution in [2.24, 2.45) is 11.8 Å². The van der Waals surface area contributed by atoms with Crippen molar-refractivity contribution in [3.8, 4) is 5.75 Å². The summed E-state index contributed by atoms with van der Waals surface area (Å²) < 4.78 is 46.5. The van der Waals surface area contributed by atoms with Gasteiger partial charge in [0.2, 0.25) is 5.95 Å². The molecule has 268 valence electrons. The molecule has 18 heteroatoms. The molecule has 3 aromatic rings. The number of anilines is 1. The molecule has 4 N–H and O–H groups in total. The number of ether oxygens (including phenoxy) is 6. The maximum Gasteiger partial charge on any atom is 0.415 e. The molecule has 2 saturated carbocycles. The van der Waals surface area contributed by atoms with Crippen molar-refractivity contribution in [2.45, 2.75) is 86.4 Å². The molecule has 2 aliphatic rings. The Bertz CT molecular complexity index is 1570. The second-order valence-electron chi connectivity index (χ2n) is 11.8. The van der Waals surface area contributed by atoms with Gasteiger partial charge in [-0.3, -0.25) is 23.6 Å². The topological polar surface area (TPSA) is 217 Å². The summed E-state index contributed by atoms with van der Waals surface area (Å²) in [5.41, 5.74) is 3.74. The molecule has 2 aliphatic carbocycles. The Balaban J connectivity index is 1.29. The first-order valence-corrected chi connectivity index (χ1v) is 18.6. The van der Waals surface area contributed by atoms with Crippen molar-refractivity contribution in [1.29, 1.82) is 0 Å². The lowest BCUT2D eigenvalue weighted by atomic mass is 9.89. The maximum atomic E-state index is 12.9. The summed E-state index contributed by atoms with van der Waals surface area (Å²) in [5.74, 6) is -1.08. The summed E-state index contributed by atoms with van der Waals surface area (Å²) in [7, 11) is -3.86. The summed E-state index contributed by atoms with van der Waals surface area (Å²) in [4.78, 5) is 60.0. The predicted octanol–water partition coefficient (Wildman–Crippen LogP) is 4.57. The Morgan fingerprint density at radius 3 is 2.02 bits per heavy atom. The number of nitrogens with two attached hydrogens (primary N) is 1. The number of benzene rings is 1. The number of methoxy groups -OCH3 is 1. The molecule has 16 nitrogen and oxygen atoms in total. The second kappa shape index (κ2) is 17.1. The number of rotatable bonds is 16. The highest BCUT2D eigenvalue weighted by atomic mass is 32.2. The van der Waals surface area contributed by atoms with Crippen molar-refractivity contribution in [3.05, 3.63) is 30.6 Å². The highest BCUT2D eigenvalue weighted by Crippen LogP contribution is 2.53. The van der Waals surface area contributed by atoms with Gasteiger partial charge < -0.3 is 39.0 Å². The summed E-state index contributed by atoms with van der Waals surface area (Å²) in [6, 6.07) is 7.34. The first kappa shape index (κ1) is 37.0. The molecule has 0 spiro atoms. The molecule has 0 amide bonds. The van der Waals surface area contributed by atoms with E-state index in [1.165, 1.54) is 18.1 Å². The normalized spacial score (nSPS) is 16.5. The minimum absolute atomic E-state index is 0.0121. The molecule has 2 fully saturated rings. The van der Waals surface area contributed by atoms with E-state index in [1.807, 2.05) is 24.3 Å². The van der Waals surface area contributed by atoms with Crippen LogP contribution in [0, 0.1) is 11.8 Å². The fourth-order valence-electron chi connectivity index (χ4n) is 5.81. The molecular weight excluding hydrogens is 681 g/mol. The van der Waals surface area contributed by atoms with Gasteiger partial charge in [-0.1, -0.05) is 50.3 Å². The fraction of sp³-hybridized carbons (Fsp3) is 0.581. The van der Waals surface area contributed by atoms with Crippen molar-refractivity contribution in [2.75, 3.05) is 33.0 Å². The monoisotopic (exact) mass is 723 g/mol. The lowest BCUT2D eigenvalue weighted by molar-refractivity contribution is -0.366. The lowest BCUT2D eigenvalue weighted by Gasteiger charge is -2.33. The number of aromatic nitrogens is 4.